The molecule has 0 amide bonds. The van der Waals surface area contributed by atoms with E-state index >= 15 is 0 Å². The highest BCUT2D eigenvalue weighted by Crippen LogP contribution is 2.24. The molecule has 0 aromatic carbocycles. The molecule has 1 atom stereocenters. The molecular formula is C12H13ClN6. The molecule has 3 rings (SSSR count). The quantitative estimate of drug-likeness (QED) is 0.686. The van der Waals surface area contributed by atoms with Crippen molar-refractivity contribution in [3.63, 3.8) is 0 Å². The highest BCUT2D eigenvalue weighted by molar-refractivity contribution is 6.16. The maximum Gasteiger partial charge on any atom is 0.155 e. The van der Waals surface area contributed by atoms with Gasteiger partial charge in [-0.25, -0.2) is 4.98 Å². The van der Waals surface area contributed by atoms with Gasteiger partial charge < -0.3 is 9.13 Å². The van der Waals surface area contributed by atoms with Crippen molar-refractivity contribution in [1.29, 1.82) is 0 Å². The van der Waals surface area contributed by atoms with E-state index in [0.29, 0.717) is 5.88 Å². The van der Waals surface area contributed by atoms with Crippen LogP contribution in [0, 0.1) is 0 Å². The largest absolute Gasteiger partial charge is 0.319 e. The van der Waals surface area contributed by atoms with Crippen molar-refractivity contribution in [3.8, 4) is 0 Å². The molecular weight excluding hydrogens is 264 g/mol. The van der Waals surface area contributed by atoms with Crippen LogP contribution in [-0.4, -0.2) is 29.3 Å². The van der Waals surface area contributed by atoms with E-state index in [1.54, 1.807) is 18.7 Å². The number of aromatic nitrogens is 6. The zero-order valence-electron chi connectivity index (χ0n) is 10.7. The summed E-state index contributed by atoms with van der Waals surface area (Å²) in [5, 5.41) is 8.08. The first kappa shape index (κ1) is 12.1. The van der Waals surface area contributed by atoms with E-state index in [1.807, 2.05) is 17.7 Å². The molecule has 0 aliphatic heterocycles. The Morgan fingerprint density at radius 2 is 2.26 bits per heavy atom. The smallest absolute Gasteiger partial charge is 0.155 e. The Hall–Kier alpha value is -1.95. The second-order valence-corrected chi connectivity index (χ2v) is 4.64. The fourth-order valence-corrected chi connectivity index (χ4v) is 2.50. The summed E-state index contributed by atoms with van der Waals surface area (Å²) < 4.78 is 3.98. The van der Waals surface area contributed by atoms with Crippen molar-refractivity contribution >= 4 is 22.6 Å². The summed E-state index contributed by atoms with van der Waals surface area (Å²) in [6.07, 6.45) is 5.18. The van der Waals surface area contributed by atoms with Gasteiger partial charge in [0, 0.05) is 13.2 Å². The monoisotopic (exact) mass is 276 g/mol. The number of pyridine rings is 1. The number of rotatable bonds is 3. The molecule has 0 bridgehead atoms. The molecule has 0 aliphatic rings. The molecule has 0 N–H and O–H groups in total. The van der Waals surface area contributed by atoms with E-state index < -0.39 is 0 Å². The standard InChI is InChI=1S/C12H13ClN6/c1-8(12-17-15-7-18(12)2)19-10-3-4-14-6-9(10)16-11(19)5-13/h3-4,6-8H,5H2,1-2H3. The van der Waals surface area contributed by atoms with Crippen molar-refractivity contribution in [3.05, 3.63) is 36.4 Å². The molecule has 19 heavy (non-hydrogen) atoms. The van der Waals surface area contributed by atoms with Gasteiger partial charge in [-0.3, -0.25) is 4.98 Å². The second kappa shape index (κ2) is 4.62. The fraction of sp³-hybridized carbons (Fsp3) is 0.333. The van der Waals surface area contributed by atoms with Crippen LogP contribution in [0.4, 0.5) is 0 Å². The summed E-state index contributed by atoms with van der Waals surface area (Å²) in [6.45, 7) is 2.06. The molecule has 3 aromatic heterocycles. The van der Waals surface area contributed by atoms with Gasteiger partial charge >= 0.3 is 0 Å². The van der Waals surface area contributed by atoms with Gasteiger partial charge in [-0.05, 0) is 13.0 Å². The lowest BCUT2D eigenvalue weighted by molar-refractivity contribution is 0.572. The highest BCUT2D eigenvalue weighted by atomic mass is 35.5. The van der Waals surface area contributed by atoms with E-state index in [1.165, 1.54) is 0 Å². The van der Waals surface area contributed by atoms with Gasteiger partial charge in [0.2, 0.25) is 0 Å². The first-order valence-corrected chi connectivity index (χ1v) is 6.46. The average molecular weight is 277 g/mol. The number of alkyl halides is 1. The Kier molecular flexibility index (Phi) is 2.94. The van der Waals surface area contributed by atoms with Gasteiger partial charge in [0.1, 0.15) is 17.7 Å². The van der Waals surface area contributed by atoms with Crippen LogP contribution in [0.1, 0.15) is 24.6 Å². The number of hydrogen-bond acceptors (Lipinski definition) is 4. The second-order valence-electron chi connectivity index (χ2n) is 4.37. The highest BCUT2D eigenvalue weighted by Gasteiger charge is 2.19. The molecule has 98 valence electrons. The number of hydrogen-bond donors (Lipinski definition) is 0. The van der Waals surface area contributed by atoms with Gasteiger partial charge in [0.05, 0.1) is 23.6 Å². The summed E-state index contributed by atoms with van der Waals surface area (Å²) in [4.78, 5) is 8.59. The lowest BCUT2D eigenvalue weighted by Gasteiger charge is -2.15. The topological polar surface area (TPSA) is 61.4 Å². The number of aryl methyl sites for hydroxylation is 1. The van der Waals surface area contributed by atoms with Crippen LogP contribution in [0.2, 0.25) is 0 Å². The molecule has 0 fully saturated rings. The van der Waals surface area contributed by atoms with E-state index in [0.717, 1.165) is 22.7 Å². The first-order chi connectivity index (χ1) is 9.22. The molecule has 1 unspecified atom stereocenters. The minimum atomic E-state index is 0.00801. The van der Waals surface area contributed by atoms with Crippen molar-refractivity contribution in [2.24, 2.45) is 7.05 Å². The SMILES string of the molecule is CC(c1nncn1C)n1c(CCl)nc2cnccc21. The van der Waals surface area contributed by atoms with Gasteiger partial charge in [0.25, 0.3) is 0 Å². The third-order valence-corrected chi connectivity index (χ3v) is 3.43. The van der Waals surface area contributed by atoms with Crippen molar-refractivity contribution in [2.75, 3.05) is 0 Å². The Morgan fingerprint density at radius 1 is 1.42 bits per heavy atom. The fourth-order valence-electron chi connectivity index (χ4n) is 2.31. The third kappa shape index (κ3) is 1.88. The van der Waals surface area contributed by atoms with E-state index in [2.05, 4.69) is 31.7 Å². The molecule has 3 aromatic rings. The number of halogens is 1. The van der Waals surface area contributed by atoms with Crippen LogP contribution in [0.5, 0.6) is 0 Å². The maximum absolute atomic E-state index is 6.00. The average Bonchev–Trinajstić information content (AvgIpc) is 3.01. The molecule has 0 saturated heterocycles. The van der Waals surface area contributed by atoms with Crippen molar-refractivity contribution in [2.45, 2.75) is 18.8 Å². The lowest BCUT2D eigenvalue weighted by Crippen LogP contribution is -2.14. The summed E-state index contributed by atoms with van der Waals surface area (Å²) in [5.74, 6) is 2.01. The Morgan fingerprint density at radius 3 is 2.95 bits per heavy atom. The summed E-state index contributed by atoms with van der Waals surface area (Å²) in [5.41, 5.74) is 1.84. The summed E-state index contributed by atoms with van der Waals surface area (Å²) >= 11 is 6.00. The van der Waals surface area contributed by atoms with E-state index in [4.69, 9.17) is 11.6 Å². The Balaban J connectivity index is 2.21. The van der Waals surface area contributed by atoms with E-state index in [9.17, 15) is 0 Å². The molecule has 7 heteroatoms. The summed E-state index contributed by atoms with van der Waals surface area (Å²) in [7, 11) is 1.92. The zero-order valence-corrected chi connectivity index (χ0v) is 11.4. The normalized spacial score (nSPS) is 13.0. The molecule has 0 spiro atoms. The summed E-state index contributed by atoms with van der Waals surface area (Å²) in [6, 6.07) is 1.94. The minimum absolute atomic E-state index is 0.00801. The Labute approximate surface area is 115 Å². The maximum atomic E-state index is 6.00. The van der Waals surface area contributed by atoms with Crippen LogP contribution in [0.15, 0.2) is 24.8 Å². The van der Waals surface area contributed by atoms with Gasteiger partial charge in [-0.1, -0.05) is 0 Å². The van der Waals surface area contributed by atoms with Crippen LogP contribution in [0.25, 0.3) is 11.0 Å². The van der Waals surface area contributed by atoms with Crippen LogP contribution in [0.3, 0.4) is 0 Å². The zero-order chi connectivity index (χ0) is 13.4. The predicted molar refractivity (Wildman–Crippen MR) is 71.9 cm³/mol. The number of imidazole rings is 1. The molecule has 3 heterocycles. The van der Waals surface area contributed by atoms with Crippen molar-refractivity contribution < 1.29 is 0 Å². The third-order valence-electron chi connectivity index (χ3n) is 3.19. The van der Waals surface area contributed by atoms with E-state index in [-0.39, 0.29) is 6.04 Å². The lowest BCUT2D eigenvalue weighted by atomic mass is 10.3. The first-order valence-electron chi connectivity index (χ1n) is 5.93. The van der Waals surface area contributed by atoms with Gasteiger partial charge in [-0.15, -0.1) is 21.8 Å². The van der Waals surface area contributed by atoms with Crippen LogP contribution in [-0.2, 0) is 12.9 Å². The molecule has 0 saturated carbocycles. The Bertz CT molecular complexity index is 716. The van der Waals surface area contributed by atoms with Gasteiger partial charge in [0.15, 0.2) is 5.82 Å². The molecule has 6 nitrogen and oxygen atoms in total. The molecule has 0 radical (unpaired) electrons. The number of fused-ring (bicyclic) bond motifs is 1. The van der Waals surface area contributed by atoms with Crippen LogP contribution >= 0.6 is 11.6 Å². The predicted octanol–water partition coefficient (Wildman–Crippen LogP) is 1.91. The van der Waals surface area contributed by atoms with Crippen LogP contribution < -0.4 is 0 Å². The number of nitrogens with zero attached hydrogens (tertiary/aromatic N) is 6. The van der Waals surface area contributed by atoms with Gasteiger partial charge in [-0.2, -0.15) is 0 Å². The van der Waals surface area contributed by atoms with Crippen molar-refractivity contribution in [1.82, 2.24) is 29.3 Å². The molecule has 0 aliphatic carbocycles. The minimum Gasteiger partial charge on any atom is -0.319 e.